The summed E-state index contributed by atoms with van der Waals surface area (Å²) in [5.41, 5.74) is 2.57. The van der Waals surface area contributed by atoms with Crippen molar-refractivity contribution in [2.45, 2.75) is 25.4 Å². The molecule has 2 aromatic rings. The fourth-order valence-electron chi connectivity index (χ4n) is 2.66. The van der Waals surface area contributed by atoms with Crippen LogP contribution in [0.3, 0.4) is 0 Å². The van der Waals surface area contributed by atoms with Crippen LogP contribution in [0.4, 0.5) is 0 Å². The highest BCUT2D eigenvalue weighted by Crippen LogP contribution is 2.33. The van der Waals surface area contributed by atoms with E-state index in [-0.39, 0.29) is 0 Å². The number of halogens is 1. The number of rotatable bonds is 3. The SMILES string of the molecule is C[C@H](NC1CCOc2ccccc21)c1ccc(Br)cc1. The minimum absolute atomic E-state index is 0.319. The van der Waals surface area contributed by atoms with Crippen LogP contribution in [-0.2, 0) is 0 Å². The lowest BCUT2D eigenvalue weighted by atomic mass is 9.98. The Morgan fingerprint density at radius 2 is 1.90 bits per heavy atom. The van der Waals surface area contributed by atoms with Crippen molar-refractivity contribution in [3.8, 4) is 5.75 Å². The number of para-hydroxylation sites is 1. The maximum Gasteiger partial charge on any atom is 0.124 e. The Bertz CT molecular complexity index is 582. The topological polar surface area (TPSA) is 21.3 Å². The lowest BCUT2D eigenvalue weighted by Gasteiger charge is -2.29. The summed E-state index contributed by atoms with van der Waals surface area (Å²) in [5, 5.41) is 3.72. The predicted octanol–water partition coefficient (Wildman–Crippen LogP) is 4.62. The lowest BCUT2D eigenvalue weighted by molar-refractivity contribution is 0.246. The molecule has 0 saturated heterocycles. The summed E-state index contributed by atoms with van der Waals surface area (Å²) in [6, 6.07) is 17.5. The largest absolute Gasteiger partial charge is 0.493 e. The first-order valence-electron chi connectivity index (χ1n) is 6.97. The van der Waals surface area contributed by atoms with Crippen LogP contribution in [-0.4, -0.2) is 6.61 Å². The van der Waals surface area contributed by atoms with E-state index < -0.39 is 0 Å². The van der Waals surface area contributed by atoms with E-state index in [2.05, 4.69) is 64.6 Å². The summed E-state index contributed by atoms with van der Waals surface area (Å²) >= 11 is 3.48. The normalized spacial score (nSPS) is 19.0. The average Bonchev–Trinajstić information content (AvgIpc) is 2.48. The maximum atomic E-state index is 5.71. The first-order valence-corrected chi connectivity index (χ1v) is 7.76. The second kappa shape index (κ2) is 5.98. The van der Waals surface area contributed by atoms with E-state index in [1.54, 1.807) is 0 Å². The van der Waals surface area contributed by atoms with Crippen molar-refractivity contribution in [1.82, 2.24) is 5.32 Å². The molecule has 3 rings (SSSR count). The second-order valence-electron chi connectivity index (χ2n) is 5.17. The molecule has 1 aliphatic rings. The van der Waals surface area contributed by atoms with Crippen molar-refractivity contribution >= 4 is 15.9 Å². The van der Waals surface area contributed by atoms with E-state index >= 15 is 0 Å². The quantitative estimate of drug-likeness (QED) is 0.885. The molecule has 2 nitrogen and oxygen atoms in total. The molecule has 0 aromatic heterocycles. The number of nitrogens with one attached hydrogen (secondary N) is 1. The Morgan fingerprint density at radius 3 is 2.70 bits per heavy atom. The molecule has 0 spiro atoms. The van der Waals surface area contributed by atoms with E-state index in [1.807, 2.05) is 12.1 Å². The van der Waals surface area contributed by atoms with Crippen molar-refractivity contribution in [2.75, 3.05) is 6.61 Å². The summed E-state index contributed by atoms with van der Waals surface area (Å²) in [6.45, 7) is 2.99. The molecule has 0 bridgehead atoms. The summed E-state index contributed by atoms with van der Waals surface area (Å²) in [6.07, 6.45) is 1.01. The fourth-order valence-corrected chi connectivity index (χ4v) is 2.93. The molecular weight excluding hydrogens is 314 g/mol. The minimum Gasteiger partial charge on any atom is -0.493 e. The van der Waals surface area contributed by atoms with Gasteiger partial charge >= 0.3 is 0 Å². The van der Waals surface area contributed by atoms with E-state index in [0.29, 0.717) is 12.1 Å². The van der Waals surface area contributed by atoms with Gasteiger partial charge < -0.3 is 10.1 Å². The van der Waals surface area contributed by atoms with Crippen LogP contribution in [0.25, 0.3) is 0 Å². The number of hydrogen-bond acceptors (Lipinski definition) is 2. The fraction of sp³-hybridized carbons (Fsp3) is 0.294. The Morgan fingerprint density at radius 1 is 1.15 bits per heavy atom. The Labute approximate surface area is 128 Å². The van der Waals surface area contributed by atoms with E-state index in [0.717, 1.165) is 23.2 Å². The van der Waals surface area contributed by atoms with Gasteiger partial charge in [-0.1, -0.05) is 46.3 Å². The zero-order valence-electron chi connectivity index (χ0n) is 11.5. The average molecular weight is 332 g/mol. The highest BCUT2D eigenvalue weighted by Gasteiger charge is 2.22. The van der Waals surface area contributed by atoms with Crippen molar-refractivity contribution in [1.29, 1.82) is 0 Å². The number of benzene rings is 2. The summed E-state index contributed by atoms with van der Waals surface area (Å²) in [5.74, 6) is 1.01. The molecule has 2 atom stereocenters. The summed E-state index contributed by atoms with van der Waals surface area (Å²) in [4.78, 5) is 0. The molecule has 3 heteroatoms. The van der Waals surface area contributed by atoms with Crippen molar-refractivity contribution < 1.29 is 4.74 Å². The monoisotopic (exact) mass is 331 g/mol. The van der Waals surface area contributed by atoms with Gasteiger partial charge in [-0.3, -0.25) is 0 Å². The van der Waals surface area contributed by atoms with Gasteiger partial charge in [-0.25, -0.2) is 0 Å². The second-order valence-corrected chi connectivity index (χ2v) is 6.08. The van der Waals surface area contributed by atoms with Gasteiger partial charge in [0.2, 0.25) is 0 Å². The van der Waals surface area contributed by atoms with Gasteiger partial charge in [0.05, 0.1) is 6.61 Å². The zero-order chi connectivity index (χ0) is 13.9. The minimum atomic E-state index is 0.319. The summed E-state index contributed by atoms with van der Waals surface area (Å²) < 4.78 is 6.83. The zero-order valence-corrected chi connectivity index (χ0v) is 13.1. The van der Waals surface area contributed by atoms with Crippen molar-refractivity contribution in [3.63, 3.8) is 0 Å². The predicted molar refractivity (Wildman–Crippen MR) is 85.0 cm³/mol. The number of ether oxygens (including phenoxy) is 1. The maximum absolute atomic E-state index is 5.71. The highest BCUT2D eigenvalue weighted by atomic mass is 79.9. The molecule has 1 heterocycles. The molecule has 104 valence electrons. The van der Waals surface area contributed by atoms with E-state index in [9.17, 15) is 0 Å². The van der Waals surface area contributed by atoms with Crippen LogP contribution in [0, 0.1) is 0 Å². The van der Waals surface area contributed by atoms with Crippen LogP contribution in [0.5, 0.6) is 5.75 Å². The molecule has 0 fully saturated rings. The van der Waals surface area contributed by atoms with Gasteiger partial charge in [-0.2, -0.15) is 0 Å². The molecule has 1 unspecified atom stereocenters. The third-order valence-electron chi connectivity index (χ3n) is 3.78. The number of fused-ring (bicyclic) bond motifs is 1. The van der Waals surface area contributed by atoms with E-state index in [4.69, 9.17) is 4.74 Å². The van der Waals surface area contributed by atoms with Gasteiger partial charge in [0.25, 0.3) is 0 Å². The Balaban J connectivity index is 1.77. The van der Waals surface area contributed by atoms with Gasteiger partial charge in [0.15, 0.2) is 0 Å². The van der Waals surface area contributed by atoms with Gasteiger partial charge in [-0.15, -0.1) is 0 Å². The first kappa shape index (κ1) is 13.7. The smallest absolute Gasteiger partial charge is 0.124 e. The summed E-state index contributed by atoms with van der Waals surface area (Å²) in [7, 11) is 0. The van der Waals surface area contributed by atoms with Crippen LogP contribution >= 0.6 is 15.9 Å². The van der Waals surface area contributed by atoms with Gasteiger partial charge in [0, 0.05) is 28.5 Å². The van der Waals surface area contributed by atoms with Crippen LogP contribution < -0.4 is 10.1 Å². The molecule has 2 aromatic carbocycles. The van der Waals surface area contributed by atoms with Gasteiger partial charge in [0.1, 0.15) is 5.75 Å². The van der Waals surface area contributed by atoms with E-state index in [1.165, 1.54) is 11.1 Å². The van der Waals surface area contributed by atoms with Crippen LogP contribution in [0.2, 0.25) is 0 Å². The Hall–Kier alpha value is -1.32. The lowest BCUT2D eigenvalue weighted by Crippen LogP contribution is -2.29. The molecular formula is C17H18BrNO. The van der Waals surface area contributed by atoms with Crippen LogP contribution in [0.15, 0.2) is 53.0 Å². The third-order valence-corrected chi connectivity index (χ3v) is 4.31. The van der Waals surface area contributed by atoms with Crippen molar-refractivity contribution in [3.05, 3.63) is 64.1 Å². The molecule has 0 amide bonds. The molecule has 1 aliphatic heterocycles. The van der Waals surface area contributed by atoms with Crippen molar-refractivity contribution in [2.24, 2.45) is 0 Å². The molecule has 1 N–H and O–H groups in total. The molecule has 0 radical (unpaired) electrons. The molecule has 0 saturated carbocycles. The Kier molecular flexibility index (Phi) is 4.08. The standard InChI is InChI=1S/C17H18BrNO/c1-12(13-6-8-14(18)9-7-13)19-16-10-11-20-17-5-3-2-4-15(16)17/h2-9,12,16,19H,10-11H2,1H3/t12-,16?/m0/s1. The highest BCUT2D eigenvalue weighted by molar-refractivity contribution is 9.10. The van der Waals surface area contributed by atoms with Gasteiger partial charge in [-0.05, 0) is 30.7 Å². The molecule has 0 aliphatic carbocycles. The van der Waals surface area contributed by atoms with Crippen LogP contribution in [0.1, 0.15) is 36.6 Å². The number of hydrogen-bond donors (Lipinski definition) is 1. The molecule has 20 heavy (non-hydrogen) atoms. The third kappa shape index (κ3) is 2.89. The first-order chi connectivity index (χ1) is 9.74.